The summed E-state index contributed by atoms with van der Waals surface area (Å²) >= 11 is 0. The first-order valence-corrected chi connectivity index (χ1v) is 8.85. The maximum Gasteiger partial charge on any atom is 0.332 e. The number of ether oxygens (including phenoxy) is 3. The van der Waals surface area contributed by atoms with Crippen LogP contribution in [0.3, 0.4) is 0 Å². The van der Waals surface area contributed by atoms with Gasteiger partial charge in [-0.05, 0) is 0 Å². The number of nitrogens with two attached hydrogens (primary N) is 1. The topological polar surface area (TPSA) is 164 Å². The van der Waals surface area contributed by atoms with Crippen LogP contribution in [-0.4, -0.2) is 50.4 Å². The molecule has 0 bridgehead atoms. The molecule has 0 spiro atoms. The van der Waals surface area contributed by atoms with Crippen LogP contribution in [0.15, 0.2) is 11.0 Å². The van der Waals surface area contributed by atoms with Crippen LogP contribution in [0.1, 0.15) is 32.4 Å². The first-order chi connectivity index (χ1) is 13.8. The molecular weight excluding hydrogens is 384 g/mol. The summed E-state index contributed by atoms with van der Waals surface area (Å²) in [6, 6.07) is 1.98. The van der Waals surface area contributed by atoms with E-state index in [-0.39, 0.29) is 37.4 Å². The summed E-state index contributed by atoms with van der Waals surface area (Å²) in [6.07, 6.45) is -0.879. The van der Waals surface area contributed by atoms with E-state index in [9.17, 15) is 14.4 Å². The minimum Gasteiger partial charge on any atom is -0.469 e. The van der Waals surface area contributed by atoms with E-state index >= 15 is 0 Å². The van der Waals surface area contributed by atoms with Crippen molar-refractivity contribution in [1.29, 1.82) is 5.26 Å². The van der Waals surface area contributed by atoms with Gasteiger partial charge in [0.05, 0.1) is 38.3 Å². The van der Waals surface area contributed by atoms with Crippen molar-refractivity contribution in [2.75, 3.05) is 12.8 Å². The molecule has 0 aromatic carbocycles. The highest BCUT2D eigenvalue weighted by atomic mass is 16.6. The molecule has 0 amide bonds. The average Bonchev–Trinajstić information content (AvgIpc) is 3.16. The summed E-state index contributed by atoms with van der Waals surface area (Å²) in [7, 11) is 1.26. The predicted octanol–water partition coefficient (Wildman–Crippen LogP) is -0.129. The fourth-order valence-corrected chi connectivity index (χ4v) is 3.34. The lowest BCUT2D eigenvalue weighted by Crippen LogP contribution is -2.33. The number of carbonyl (C=O) groups excluding carboxylic acids is 2. The number of fused-ring (bicyclic) bond motifs is 1. The van der Waals surface area contributed by atoms with E-state index in [4.69, 9.17) is 20.5 Å². The highest BCUT2D eigenvalue weighted by Gasteiger charge is 2.42. The number of nitrogens with zero attached hydrogens (tertiary/aromatic N) is 5. The number of hydrogen-bond donors (Lipinski definition) is 1. The van der Waals surface area contributed by atoms with Gasteiger partial charge in [-0.25, -0.2) is 14.3 Å². The van der Waals surface area contributed by atoms with Crippen molar-refractivity contribution in [3.8, 4) is 6.07 Å². The molecule has 0 unspecified atom stereocenters. The normalized spacial score (nSPS) is 21.1. The first kappa shape index (κ1) is 20.3. The molecule has 2 N–H and O–H groups in total. The summed E-state index contributed by atoms with van der Waals surface area (Å²) in [4.78, 5) is 44.4. The zero-order valence-electron chi connectivity index (χ0n) is 15.9. The van der Waals surface area contributed by atoms with Gasteiger partial charge in [-0.3, -0.25) is 14.2 Å². The van der Waals surface area contributed by atoms with Crippen molar-refractivity contribution >= 4 is 29.1 Å². The van der Waals surface area contributed by atoms with Gasteiger partial charge in [-0.1, -0.05) is 0 Å². The summed E-state index contributed by atoms with van der Waals surface area (Å²) in [5, 5.41) is 8.89. The van der Waals surface area contributed by atoms with E-state index < -0.39 is 36.1 Å². The number of anilines is 1. The second-order valence-electron chi connectivity index (χ2n) is 6.46. The van der Waals surface area contributed by atoms with E-state index in [0.29, 0.717) is 5.52 Å². The number of imidazole rings is 1. The van der Waals surface area contributed by atoms with Crippen LogP contribution >= 0.6 is 0 Å². The molecule has 12 nitrogen and oxygen atoms in total. The van der Waals surface area contributed by atoms with Crippen LogP contribution in [0, 0.1) is 11.3 Å². The third-order valence-corrected chi connectivity index (χ3v) is 4.51. The molecule has 0 saturated carbocycles. The fraction of sp³-hybridized carbons (Fsp3) is 0.529. The zero-order valence-corrected chi connectivity index (χ0v) is 15.9. The van der Waals surface area contributed by atoms with Crippen LogP contribution in [0.5, 0.6) is 0 Å². The Hall–Kier alpha value is -3.46. The number of carbonyl (C=O) groups is 2. The maximum absolute atomic E-state index is 13.1. The van der Waals surface area contributed by atoms with Crippen molar-refractivity contribution in [2.24, 2.45) is 0 Å². The van der Waals surface area contributed by atoms with Crippen molar-refractivity contribution in [1.82, 2.24) is 19.1 Å². The molecule has 12 heteroatoms. The molecule has 3 heterocycles. The molecule has 3 atom stereocenters. The Labute approximate surface area is 164 Å². The van der Waals surface area contributed by atoms with Gasteiger partial charge < -0.3 is 19.9 Å². The van der Waals surface area contributed by atoms with E-state index in [1.54, 1.807) is 0 Å². The number of aromatic nitrogens is 4. The molecule has 1 aliphatic heterocycles. The lowest BCUT2D eigenvalue weighted by molar-refractivity contribution is -0.153. The van der Waals surface area contributed by atoms with E-state index in [1.807, 2.05) is 6.07 Å². The van der Waals surface area contributed by atoms with Crippen LogP contribution in [0.25, 0.3) is 11.2 Å². The molecule has 1 fully saturated rings. The smallest absolute Gasteiger partial charge is 0.332 e. The Morgan fingerprint density at radius 2 is 2.24 bits per heavy atom. The van der Waals surface area contributed by atoms with E-state index in [1.165, 1.54) is 29.4 Å². The van der Waals surface area contributed by atoms with Crippen molar-refractivity contribution in [2.45, 2.75) is 51.2 Å². The molecule has 29 heavy (non-hydrogen) atoms. The van der Waals surface area contributed by atoms with Crippen molar-refractivity contribution in [3.63, 3.8) is 0 Å². The molecule has 1 aliphatic rings. The second kappa shape index (κ2) is 8.27. The number of nitriles is 1. The van der Waals surface area contributed by atoms with Gasteiger partial charge in [-0.15, -0.1) is 0 Å². The summed E-state index contributed by atoms with van der Waals surface area (Å²) in [5.41, 5.74) is 5.72. The number of esters is 2. The Morgan fingerprint density at radius 3 is 2.90 bits per heavy atom. The summed E-state index contributed by atoms with van der Waals surface area (Å²) in [6.45, 7) is 1.35. The minimum atomic E-state index is -1.03. The quantitative estimate of drug-likeness (QED) is 0.641. The van der Waals surface area contributed by atoms with Gasteiger partial charge in [0.1, 0.15) is 11.6 Å². The van der Waals surface area contributed by atoms with E-state index in [0.717, 1.165) is 0 Å². The molecular formula is C17H20N6O6. The molecule has 0 radical (unpaired) electrons. The van der Waals surface area contributed by atoms with Gasteiger partial charge in [-0.2, -0.15) is 10.2 Å². The van der Waals surface area contributed by atoms with Crippen LogP contribution in [0.2, 0.25) is 0 Å². The lowest BCUT2D eigenvalue weighted by atomic mass is 10.1. The molecule has 3 rings (SSSR count). The largest absolute Gasteiger partial charge is 0.469 e. The average molecular weight is 404 g/mol. The number of aryl methyl sites for hydroxylation is 1. The van der Waals surface area contributed by atoms with Gasteiger partial charge in [0.15, 0.2) is 11.9 Å². The third-order valence-electron chi connectivity index (χ3n) is 4.51. The van der Waals surface area contributed by atoms with Crippen LogP contribution in [0.4, 0.5) is 5.95 Å². The van der Waals surface area contributed by atoms with Crippen molar-refractivity contribution in [3.05, 3.63) is 16.7 Å². The van der Waals surface area contributed by atoms with Gasteiger partial charge in [0, 0.05) is 19.9 Å². The first-order valence-electron chi connectivity index (χ1n) is 8.85. The molecule has 2 aromatic heterocycles. The van der Waals surface area contributed by atoms with Gasteiger partial charge in [0.25, 0.3) is 0 Å². The summed E-state index contributed by atoms with van der Waals surface area (Å²) < 4.78 is 18.4. The maximum atomic E-state index is 13.1. The molecule has 2 aromatic rings. The van der Waals surface area contributed by atoms with Gasteiger partial charge in [0.2, 0.25) is 5.95 Å². The van der Waals surface area contributed by atoms with Crippen LogP contribution < -0.4 is 11.4 Å². The predicted molar refractivity (Wildman–Crippen MR) is 97.1 cm³/mol. The summed E-state index contributed by atoms with van der Waals surface area (Å²) in [5.74, 6) is -1.11. The number of rotatable bonds is 6. The molecule has 1 saturated heterocycles. The molecule has 154 valence electrons. The SMILES string of the molecule is COC(=O)C[C@@H]1C[C@@H](OC(C)=O)[C@H](n2c(=O)n(CCC#N)c3cnc(N)nc32)O1. The fourth-order valence-electron chi connectivity index (χ4n) is 3.34. The Bertz CT molecular complexity index is 1040. The molecule has 0 aliphatic carbocycles. The third kappa shape index (κ3) is 4.04. The standard InChI is InChI=1S/C17H20N6O6/c1-9(24)28-12-6-10(7-13(25)27-2)29-15(12)23-14-11(8-20-16(19)21-14)22(17(23)26)5-3-4-18/h8,10,12,15H,3,5-7H2,1-2H3,(H2,19,20,21)/t10-,12+,15+/m0/s1. The number of nitrogen functional groups attached to an aromatic ring is 1. The monoisotopic (exact) mass is 404 g/mol. The van der Waals surface area contributed by atoms with Crippen molar-refractivity contribution < 1.29 is 23.8 Å². The Kier molecular flexibility index (Phi) is 5.79. The van der Waals surface area contributed by atoms with Crippen LogP contribution in [-0.2, 0) is 30.3 Å². The Balaban J connectivity index is 2.08. The van der Waals surface area contributed by atoms with Gasteiger partial charge >= 0.3 is 17.6 Å². The number of methoxy groups -OCH3 is 1. The highest BCUT2D eigenvalue weighted by Crippen LogP contribution is 2.34. The minimum absolute atomic E-state index is 0.0585. The number of hydrogen-bond acceptors (Lipinski definition) is 10. The zero-order chi connectivity index (χ0) is 21.1. The van der Waals surface area contributed by atoms with E-state index in [2.05, 4.69) is 14.7 Å². The second-order valence-corrected chi connectivity index (χ2v) is 6.46. The Morgan fingerprint density at radius 1 is 1.48 bits per heavy atom. The lowest BCUT2D eigenvalue weighted by Gasteiger charge is -2.19. The highest BCUT2D eigenvalue weighted by molar-refractivity contribution is 5.72.